The van der Waals surface area contributed by atoms with Crippen molar-refractivity contribution in [3.05, 3.63) is 24.3 Å². The lowest BCUT2D eigenvalue weighted by atomic mass is 9.85. The zero-order chi connectivity index (χ0) is 14.2. The van der Waals surface area contributed by atoms with Crippen LogP contribution in [0.3, 0.4) is 0 Å². The van der Waals surface area contributed by atoms with Crippen LogP contribution in [0.4, 0.5) is 5.69 Å². The second kappa shape index (κ2) is 5.35. The summed E-state index contributed by atoms with van der Waals surface area (Å²) >= 11 is 0. The van der Waals surface area contributed by atoms with Crippen molar-refractivity contribution < 1.29 is 8.42 Å². The van der Waals surface area contributed by atoms with Crippen LogP contribution >= 0.6 is 0 Å². The van der Waals surface area contributed by atoms with Gasteiger partial charge in [-0.05, 0) is 44.0 Å². The van der Waals surface area contributed by atoms with Gasteiger partial charge in [0.15, 0.2) is 0 Å². The number of nitrogens with one attached hydrogen (secondary N) is 2. The average Bonchev–Trinajstić information content (AvgIpc) is 2.48. The van der Waals surface area contributed by atoms with Crippen LogP contribution in [-0.4, -0.2) is 46.0 Å². The van der Waals surface area contributed by atoms with Crippen LogP contribution in [0.1, 0.15) is 12.8 Å². The van der Waals surface area contributed by atoms with Gasteiger partial charge in [0, 0.05) is 19.6 Å². The number of piperidine rings is 3. The molecule has 0 spiro atoms. The zero-order valence-electron chi connectivity index (χ0n) is 11.7. The molecule has 6 heteroatoms. The number of rotatable bonds is 4. The van der Waals surface area contributed by atoms with E-state index >= 15 is 0 Å². The molecule has 2 N–H and O–H groups in total. The SMILES string of the molecule is CNc1ccccc1S(=O)(=O)NC1CN2CCC1CC2. The summed E-state index contributed by atoms with van der Waals surface area (Å²) in [6.07, 6.45) is 2.20. The van der Waals surface area contributed by atoms with Gasteiger partial charge in [0.1, 0.15) is 4.90 Å². The van der Waals surface area contributed by atoms with Gasteiger partial charge in [-0.3, -0.25) is 0 Å². The predicted octanol–water partition coefficient (Wildman–Crippen LogP) is 1.10. The second-order valence-corrected chi connectivity index (χ2v) is 7.29. The molecule has 3 saturated heterocycles. The van der Waals surface area contributed by atoms with Gasteiger partial charge in [0.2, 0.25) is 10.0 Å². The maximum absolute atomic E-state index is 12.6. The Morgan fingerprint density at radius 3 is 2.50 bits per heavy atom. The molecule has 20 heavy (non-hydrogen) atoms. The fraction of sp³-hybridized carbons (Fsp3) is 0.571. The van der Waals surface area contributed by atoms with Crippen molar-refractivity contribution in [1.29, 1.82) is 0 Å². The standard InChI is InChI=1S/C14H21N3O2S/c1-15-12-4-2-3-5-14(12)20(18,19)16-13-10-17-8-6-11(13)7-9-17/h2-5,11,13,15-16H,6-10H2,1H3. The summed E-state index contributed by atoms with van der Waals surface area (Å²) in [6, 6.07) is 7.07. The van der Waals surface area contributed by atoms with Gasteiger partial charge >= 0.3 is 0 Å². The zero-order valence-corrected chi connectivity index (χ0v) is 12.5. The first-order chi connectivity index (χ1) is 9.60. The molecule has 0 saturated carbocycles. The molecule has 0 amide bonds. The second-order valence-electron chi connectivity index (χ2n) is 5.61. The van der Waals surface area contributed by atoms with Crippen molar-refractivity contribution in [3.63, 3.8) is 0 Å². The van der Waals surface area contributed by atoms with Crippen molar-refractivity contribution >= 4 is 15.7 Å². The minimum atomic E-state index is -3.46. The molecule has 0 radical (unpaired) electrons. The molecular weight excluding hydrogens is 274 g/mol. The van der Waals surface area contributed by atoms with E-state index in [9.17, 15) is 8.42 Å². The molecule has 0 aromatic heterocycles. The lowest BCUT2D eigenvalue weighted by Gasteiger charge is -2.44. The molecule has 1 unspecified atom stereocenters. The summed E-state index contributed by atoms with van der Waals surface area (Å²) in [5, 5.41) is 2.94. The van der Waals surface area contributed by atoms with E-state index in [1.165, 1.54) is 0 Å². The Kier molecular flexibility index (Phi) is 3.70. The third-order valence-corrected chi connectivity index (χ3v) is 5.96. The molecule has 3 fully saturated rings. The number of para-hydroxylation sites is 1. The first-order valence-electron chi connectivity index (χ1n) is 7.11. The van der Waals surface area contributed by atoms with Crippen LogP contribution in [0.2, 0.25) is 0 Å². The fourth-order valence-corrected chi connectivity index (χ4v) is 4.78. The van der Waals surface area contributed by atoms with Crippen LogP contribution < -0.4 is 10.0 Å². The first-order valence-corrected chi connectivity index (χ1v) is 8.60. The maximum Gasteiger partial charge on any atom is 0.242 e. The normalized spacial score (nSPS) is 29.4. The van der Waals surface area contributed by atoms with Gasteiger partial charge < -0.3 is 10.2 Å². The van der Waals surface area contributed by atoms with Gasteiger partial charge in [-0.1, -0.05) is 12.1 Å². The van der Waals surface area contributed by atoms with Crippen molar-refractivity contribution in [2.75, 3.05) is 32.0 Å². The van der Waals surface area contributed by atoms with Gasteiger partial charge in [0.05, 0.1) is 5.69 Å². The van der Waals surface area contributed by atoms with Crippen LogP contribution in [0, 0.1) is 5.92 Å². The topological polar surface area (TPSA) is 61.4 Å². The largest absolute Gasteiger partial charge is 0.387 e. The minimum absolute atomic E-state index is 0.0485. The maximum atomic E-state index is 12.6. The Bertz CT molecular complexity index is 580. The predicted molar refractivity (Wildman–Crippen MR) is 79.3 cm³/mol. The number of hydrogen-bond acceptors (Lipinski definition) is 4. The molecule has 4 rings (SSSR count). The van der Waals surface area contributed by atoms with Crippen molar-refractivity contribution in [2.45, 2.75) is 23.8 Å². The summed E-state index contributed by atoms with van der Waals surface area (Å²) in [7, 11) is -1.73. The van der Waals surface area contributed by atoms with Crippen molar-refractivity contribution in [1.82, 2.24) is 9.62 Å². The van der Waals surface area contributed by atoms with Crippen molar-refractivity contribution in [2.24, 2.45) is 5.92 Å². The number of anilines is 1. The molecule has 0 aliphatic carbocycles. The average molecular weight is 295 g/mol. The molecule has 3 heterocycles. The van der Waals surface area contributed by atoms with E-state index in [-0.39, 0.29) is 6.04 Å². The summed E-state index contributed by atoms with van der Waals surface area (Å²) < 4.78 is 28.1. The Labute approximate surface area is 120 Å². The molecule has 1 aromatic rings. The summed E-state index contributed by atoms with van der Waals surface area (Å²) in [6.45, 7) is 3.05. The molecule has 2 bridgehead atoms. The Balaban J connectivity index is 1.82. The van der Waals surface area contributed by atoms with Crippen LogP contribution in [-0.2, 0) is 10.0 Å². The van der Waals surface area contributed by atoms with Crippen molar-refractivity contribution in [3.8, 4) is 0 Å². The number of nitrogens with zero attached hydrogens (tertiary/aromatic N) is 1. The molecule has 3 aliphatic rings. The Morgan fingerprint density at radius 1 is 1.20 bits per heavy atom. The number of fused-ring (bicyclic) bond motifs is 3. The molecule has 5 nitrogen and oxygen atoms in total. The van der Waals surface area contributed by atoms with E-state index in [2.05, 4.69) is 14.9 Å². The monoisotopic (exact) mass is 295 g/mol. The molecule has 3 aliphatic heterocycles. The van der Waals surface area contributed by atoms with Crippen LogP contribution in [0.25, 0.3) is 0 Å². The van der Waals surface area contributed by atoms with E-state index in [0.29, 0.717) is 16.5 Å². The highest BCUT2D eigenvalue weighted by Crippen LogP contribution is 2.29. The van der Waals surface area contributed by atoms with Crippen LogP contribution in [0.15, 0.2) is 29.2 Å². The summed E-state index contributed by atoms with van der Waals surface area (Å²) in [5.41, 5.74) is 0.640. The Hall–Kier alpha value is -1.11. The number of hydrogen-bond donors (Lipinski definition) is 2. The summed E-state index contributed by atoms with van der Waals surface area (Å²) in [5.74, 6) is 0.483. The highest BCUT2D eigenvalue weighted by Gasteiger charge is 2.36. The van der Waals surface area contributed by atoms with Gasteiger partial charge in [0.25, 0.3) is 0 Å². The van der Waals surface area contributed by atoms with Gasteiger partial charge in [-0.2, -0.15) is 0 Å². The Morgan fingerprint density at radius 2 is 1.90 bits per heavy atom. The highest BCUT2D eigenvalue weighted by atomic mass is 32.2. The minimum Gasteiger partial charge on any atom is -0.387 e. The lowest BCUT2D eigenvalue weighted by Crippen LogP contribution is -2.57. The van der Waals surface area contributed by atoms with E-state index in [1.807, 2.05) is 6.07 Å². The third-order valence-electron chi connectivity index (χ3n) is 4.41. The van der Waals surface area contributed by atoms with E-state index in [1.54, 1.807) is 25.2 Å². The van der Waals surface area contributed by atoms with E-state index < -0.39 is 10.0 Å². The molecule has 1 aromatic carbocycles. The van der Waals surface area contributed by atoms with Gasteiger partial charge in [-0.25, -0.2) is 13.1 Å². The summed E-state index contributed by atoms with van der Waals surface area (Å²) in [4.78, 5) is 2.68. The van der Waals surface area contributed by atoms with E-state index in [4.69, 9.17) is 0 Å². The van der Waals surface area contributed by atoms with Crippen LogP contribution in [0.5, 0.6) is 0 Å². The third kappa shape index (κ3) is 2.55. The lowest BCUT2D eigenvalue weighted by molar-refractivity contribution is 0.0827. The first kappa shape index (κ1) is 13.9. The number of benzene rings is 1. The smallest absolute Gasteiger partial charge is 0.242 e. The van der Waals surface area contributed by atoms with Gasteiger partial charge in [-0.15, -0.1) is 0 Å². The number of sulfonamides is 1. The molecular formula is C14H21N3O2S. The quantitative estimate of drug-likeness (QED) is 0.873. The van der Waals surface area contributed by atoms with E-state index in [0.717, 1.165) is 32.5 Å². The highest BCUT2D eigenvalue weighted by molar-refractivity contribution is 7.89. The molecule has 1 atom stereocenters. The molecule has 110 valence electrons. The fourth-order valence-electron chi connectivity index (χ4n) is 3.27.